The Bertz CT molecular complexity index is 1130. The predicted octanol–water partition coefficient (Wildman–Crippen LogP) is 5.00. The van der Waals surface area contributed by atoms with Crippen LogP contribution in [0.1, 0.15) is 17.0 Å². The van der Waals surface area contributed by atoms with Crippen LogP contribution >= 0.6 is 0 Å². The van der Waals surface area contributed by atoms with Gasteiger partial charge < -0.3 is 9.47 Å². The number of hydrogen-bond donors (Lipinski definition) is 0. The van der Waals surface area contributed by atoms with E-state index in [9.17, 15) is 0 Å². The molecule has 4 nitrogen and oxygen atoms in total. The zero-order chi connectivity index (χ0) is 19.5. The molecule has 5 rings (SSSR count). The minimum atomic E-state index is 0.426. The molecule has 2 aromatic carbocycles. The number of benzene rings is 2. The third-order valence-electron chi connectivity index (χ3n) is 5.28. The van der Waals surface area contributed by atoms with Gasteiger partial charge >= 0.3 is 0 Å². The molecular weight excluding hydrogens is 360 g/mol. The summed E-state index contributed by atoms with van der Waals surface area (Å²) < 4.78 is 12.0. The summed E-state index contributed by atoms with van der Waals surface area (Å²) in [5, 5.41) is 1.14. The molecule has 0 N–H and O–H groups in total. The van der Waals surface area contributed by atoms with Gasteiger partial charge in [-0.15, -0.1) is 0 Å². The lowest BCUT2D eigenvalue weighted by Gasteiger charge is -2.25. The van der Waals surface area contributed by atoms with Crippen LogP contribution < -0.4 is 9.47 Å². The van der Waals surface area contributed by atoms with E-state index in [2.05, 4.69) is 34.2 Å². The molecule has 0 saturated heterocycles. The first-order valence-corrected chi connectivity index (χ1v) is 9.96. The Morgan fingerprint density at radius 3 is 2.79 bits per heavy atom. The fraction of sp³-hybridized carbons (Fsp3) is 0.200. The van der Waals surface area contributed by atoms with Gasteiger partial charge in [-0.2, -0.15) is 0 Å². The van der Waals surface area contributed by atoms with E-state index in [-0.39, 0.29) is 0 Å². The van der Waals surface area contributed by atoms with Gasteiger partial charge in [-0.25, -0.2) is 4.98 Å². The second kappa shape index (κ2) is 7.92. The van der Waals surface area contributed by atoms with Crippen molar-refractivity contribution in [2.24, 2.45) is 5.92 Å². The first-order chi connectivity index (χ1) is 14.3. The number of fused-ring (bicyclic) bond motifs is 2. The first-order valence-electron chi connectivity index (χ1n) is 9.96. The van der Waals surface area contributed by atoms with Gasteiger partial charge in [-0.1, -0.05) is 30.3 Å². The van der Waals surface area contributed by atoms with E-state index in [1.54, 1.807) is 0 Å². The van der Waals surface area contributed by atoms with Crippen LogP contribution in [0.3, 0.4) is 0 Å². The van der Waals surface area contributed by atoms with Gasteiger partial charge in [0.1, 0.15) is 18.1 Å². The number of ether oxygens (including phenoxy) is 2. The summed E-state index contributed by atoms with van der Waals surface area (Å²) in [6, 6.07) is 24.4. The lowest BCUT2D eigenvalue weighted by atomic mass is 9.92. The van der Waals surface area contributed by atoms with Crippen LogP contribution in [-0.4, -0.2) is 16.6 Å². The first kappa shape index (κ1) is 17.7. The highest BCUT2D eigenvalue weighted by atomic mass is 16.5. The van der Waals surface area contributed by atoms with Gasteiger partial charge in [0.15, 0.2) is 0 Å². The van der Waals surface area contributed by atoms with Crippen molar-refractivity contribution in [2.45, 2.75) is 19.4 Å². The van der Waals surface area contributed by atoms with Gasteiger partial charge in [0.05, 0.1) is 17.8 Å². The number of rotatable bonds is 5. The van der Waals surface area contributed by atoms with Crippen LogP contribution in [-0.2, 0) is 19.4 Å². The van der Waals surface area contributed by atoms with E-state index in [0.29, 0.717) is 12.5 Å². The number of nitrogens with zero attached hydrogens (tertiary/aromatic N) is 2. The topological polar surface area (TPSA) is 44.2 Å². The maximum atomic E-state index is 6.03. The quantitative estimate of drug-likeness (QED) is 0.487. The van der Waals surface area contributed by atoms with Gasteiger partial charge in [0.2, 0.25) is 0 Å². The molecule has 29 heavy (non-hydrogen) atoms. The largest absolute Gasteiger partial charge is 0.493 e. The lowest BCUT2D eigenvalue weighted by Crippen LogP contribution is -2.23. The smallest absolute Gasteiger partial charge is 0.130 e. The van der Waals surface area contributed by atoms with Crippen molar-refractivity contribution in [3.8, 4) is 11.5 Å². The van der Waals surface area contributed by atoms with E-state index in [0.717, 1.165) is 53.2 Å². The zero-order valence-electron chi connectivity index (χ0n) is 16.1. The third-order valence-corrected chi connectivity index (χ3v) is 5.28. The Morgan fingerprint density at radius 2 is 1.86 bits per heavy atom. The Kier molecular flexibility index (Phi) is 4.83. The van der Waals surface area contributed by atoms with Crippen LogP contribution in [0, 0.1) is 5.92 Å². The van der Waals surface area contributed by atoms with Crippen LogP contribution in [0.4, 0.5) is 0 Å². The second-order valence-corrected chi connectivity index (χ2v) is 7.46. The highest BCUT2D eigenvalue weighted by Gasteiger charge is 2.21. The molecule has 0 fully saturated rings. The van der Waals surface area contributed by atoms with E-state index < -0.39 is 0 Å². The summed E-state index contributed by atoms with van der Waals surface area (Å²) in [7, 11) is 0. The highest BCUT2D eigenvalue weighted by molar-refractivity contribution is 5.78. The molecule has 1 aliphatic rings. The molecule has 2 aromatic heterocycles. The minimum Gasteiger partial charge on any atom is -0.493 e. The Labute approximate surface area is 170 Å². The van der Waals surface area contributed by atoms with E-state index in [4.69, 9.17) is 9.47 Å². The van der Waals surface area contributed by atoms with Crippen molar-refractivity contribution in [3.63, 3.8) is 0 Å². The fourth-order valence-electron chi connectivity index (χ4n) is 3.82. The molecule has 144 valence electrons. The van der Waals surface area contributed by atoms with Crippen molar-refractivity contribution < 1.29 is 9.47 Å². The molecule has 0 unspecified atom stereocenters. The summed E-state index contributed by atoms with van der Waals surface area (Å²) in [4.78, 5) is 9.12. The summed E-state index contributed by atoms with van der Waals surface area (Å²) in [5.41, 5.74) is 4.22. The van der Waals surface area contributed by atoms with Gasteiger partial charge in [-0.3, -0.25) is 4.98 Å². The number of aromatic nitrogens is 2. The molecule has 4 aromatic rings. The molecule has 0 spiro atoms. The maximum Gasteiger partial charge on any atom is 0.130 e. The normalized spacial score (nSPS) is 15.5. The van der Waals surface area contributed by atoms with Crippen molar-refractivity contribution in [2.75, 3.05) is 6.61 Å². The molecule has 0 bridgehead atoms. The van der Waals surface area contributed by atoms with Crippen molar-refractivity contribution in [1.29, 1.82) is 0 Å². The minimum absolute atomic E-state index is 0.426. The standard InChI is InChI=1S/C25H22N2O2/c1-2-7-24-19(5-1)8-9-22(27-24)17-28-23-10-11-25-20(15-23)13-18(16-29-25)14-21-6-3-4-12-26-21/h1-12,15,18H,13-14,16-17H2/t18-/m0/s1. The van der Waals surface area contributed by atoms with Crippen molar-refractivity contribution in [3.05, 3.63) is 95.9 Å². The summed E-state index contributed by atoms with van der Waals surface area (Å²) >= 11 is 0. The molecular formula is C25H22N2O2. The average Bonchev–Trinajstić information content (AvgIpc) is 2.78. The number of hydrogen-bond acceptors (Lipinski definition) is 4. The monoisotopic (exact) mass is 382 g/mol. The third kappa shape index (κ3) is 4.06. The van der Waals surface area contributed by atoms with Crippen molar-refractivity contribution in [1.82, 2.24) is 9.97 Å². The molecule has 1 aliphatic heterocycles. The number of pyridine rings is 2. The molecule has 0 aliphatic carbocycles. The average molecular weight is 382 g/mol. The van der Waals surface area contributed by atoms with Crippen LogP contribution in [0.5, 0.6) is 11.5 Å². The van der Waals surface area contributed by atoms with Crippen molar-refractivity contribution >= 4 is 10.9 Å². The molecule has 3 heterocycles. The molecule has 4 heteroatoms. The van der Waals surface area contributed by atoms with Gasteiger partial charge in [-0.05, 0) is 60.9 Å². The Hall–Kier alpha value is -3.40. The van der Waals surface area contributed by atoms with E-state index in [1.165, 1.54) is 5.56 Å². The molecule has 0 amide bonds. The summed E-state index contributed by atoms with van der Waals surface area (Å²) in [6.45, 7) is 1.17. The maximum absolute atomic E-state index is 6.03. The van der Waals surface area contributed by atoms with E-state index >= 15 is 0 Å². The van der Waals surface area contributed by atoms with E-state index in [1.807, 2.05) is 54.7 Å². The molecule has 0 radical (unpaired) electrons. The van der Waals surface area contributed by atoms with Crippen LogP contribution in [0.15, 0.2) is 79.0 Å². The Balaban J connectivity index is 1.27. The molecule has 0 saturated carbocycles. The molecule has 1 atom stereocenters. The van der Waals surface area contributed by atoms with Crippen LogP contribution in [0.25, 0.3) is 10.9 Å². The summed E-state index contributed by atoms with van der Waals surface area (Å²) in [6.07, 6.45) is 3.74. The fourth-order valence-corrected chi connectivity index (χ4v) is 3.82. The SMILES string of the molecule is c1ccc(C[C@H]2COc3ccc(OCc4ccc5ccccc5n4)cc3C2)nc1. The summed E-state index contributed by atoms with van der Waals surface area (Å²) in [5.74, 6) is 2.23. The highest BCUT2D eigenvalue weighted by Crippen LogP contribution is 2.32. The predicted molar refractivity (Wildman–Crippen MR) is 113 cm³/mol. The van der Waals surface area contributed by atoms with Gasteiger partial charge in [0.25, 0.3) is 0 Å². The second-order valence-electron chi connectivity index (χ2n) is 7.46. The Morgan fingerprint density at radius 1 is 0.931 bits per heavy atom. The zero-order valence-corrected chi connectivity index (χ0v) is 16.1. The van der Waals surface area contributed by atoms with Gasteiger partial charge in [0, 0.05) is 23.2 Å². The lowest BCUT2D eigenvalue weighted by molar-refractivity contribution is 0.219. The number of para-hydroxylation sites is 1. The van der Waals surface area contributed by atoms with Crippen LogP contribution in [0.2, 0.25) is 0 Å².